The lowest BCUT2D eigenvalue weighted by molar-refractivity contribution is -0.115. The molecule has 2 amide bonds. The van der Waals surface area contributed by atoms with Crippen LogP contribution in [0.3, 0.4) is 0 Å². The molecule has 3 rings (SSSR count). The van der Waals surface area contributed by atoms with E-state index in [0.29, 0.717) is 24.2 Å². The van der Waals surface area contributed by atoms with Gasteiger partial charge in [-0.1, -0.05) is 6.07 Å². The third kappa shape index (κ3) is 5.66. The van der Waals surface area contributed by atoms with Crippen LogP contribution in [0, 0.1) is 0 Å². The maximum absolute atomic E-state index is 12.2. The first-order chi connectivity index (χ1) is 12.7. The molecule has 0 spiro atoms. The van der Waals surface area contributed by atoms with Crippen LogP contribution in [0.2, 0.25) is 0 Å². The summed E-state index contributed by atoms with van der Waals surface area (Å²) in [7, 11) is 0. The Bertz CT molecular complexity index is 710. The number of nitrogens with zero attached hydrogens (tertiary/aromatic N) is 1. The number of ether oxygens (including phenoxy) is 1. The zero-order chi connectivity index (χ0) is 18.2. The Morgan fingerprint density at radius 3 is 2.58 bits per heavy atom. The van der Waals surface area contributed by atoms with E-state index in [0.717, 1.165) is 37.7 Å². The van der Waals surface area contributed by atoms with E-state index in [1.807, 2.05) is 17.5 Å². The molecule has 1 fully saturated rings. The summed E-state index contributed by atoms with van der Waals surface area (Å²) in [5.74, 6) is -0.162. The molecule has 1 saturated heterocycles. The molecule has 26 heavy (non-hydrogen) atoms. The van der Waals surface area contributed by atoms with E-state index in [9.17, 15) is 9.59 Å². The van der Waals surface area contributed by atoms with Crippen LogP contribution >= 0.6 is 11.3 Å². The quantitative estimate of drug-likeness (QED) is 0.779. The molecular weight excluding hydrogens is 350 g/mol. The fraction of sp³-hybridized carbons (Fsp3) is 0.368. The Labute approximate surface area is 157 Å². The molecule has 1 aliphatic heterocycles. The van der Waals surface area contributed by atoms with Crippen molar-refractivity contribution in [3.05, 3.63) is 52.2 Å². The highest BCUT2D eigenvalue weighted by Crippen LogP contribution is 2.13. The SMILES string of the molecule is O=C(Cc1cccs1)Nc1ccc(C(=O)NCCN2CCOCC2)cc1. The van der Waals surface area contributed by atoms with Gasteiger partial charge in [0, 0.05) is 42.3 Å². The van der Waals surface area contributed by atoms with E-state index in [1.54, 1.807) is 35.6 Å². The van der Waals surface area contributed by atoms with Crippen molar-refractivity contribution in [3.8, 4) is 0 Å². The minimum Gasteiger partial charge on any atom is -0.379 e. The lowest BCUT2D eigenvalue weighted by atomic mass is 10.2. The molecule has 1 aromatic carbocycles. The molecule has 1 aromatic heterocycles. The molecule has 0 radical (unpaired) electrons. The molecular formula is C19H23N3O3S. The molecule has 0 saturated carbocycles. The number of carbonyl (C=O) groups is 2. The third-order valence-corrected chi connectivity index (χ3v) is 5.04. The zero-order valence-corrected chi connectivity index (χ0v) is 15.4. The minimum atomic E-state index is -0.102. The Morgan fingerprint density at radius 2 is 1.88 bits per heavy atom. The first kappa shape index (κ1) is 18.6. The molecule has 1 aliphatic rings. The second-order valence-electron chi connectivity index (χ2n) is 6.09. The van der Waals surface area contributed by atoms with E-state index in [1.165, 1.54) is 0 Å². The number of anilines is 1. The summed E-state index contributed by atoms with van der Waals surface area (Å²) in [5, 5.41) is 7.73. The van der Waals surface area contributed by atoms with E-state index < -0.39 is 0 Å². The van der Waals surface area contributed by atoms with Crippen molar-refractivity contribution >= 4 is 28.8 Å². The van der Waals surface area contributed by atoms with Gasteiger partial charge in [-0.25, -0.2) is 0 Å². The van der Waals surface area contributed by atoms with Crippen LogP contribution in [-0.2, 0) is 16.0 Å². The molecule has 6 nitrogen and oxygen atoms in total. The summed E-state index contributed by atoms with van der Waals surface area (Å²) in [6.45, 7) is 4.77. The lowest BCUT2D eigenvalue weighted by Gasteiger charge is -2.26. The van der Waals surface area contributed by atoms with Crippen molar-refractivity contribution in [3.63, 3.8) is 0 Å². The van der Waals surface area contributed by atoms with Crippen molar-refractivity contribution in [1.29, 1.82) is 0 Å². The smallest absolute Gasteiger partial charge is 0.251 e. The number of hydrogen-bond acceptors (Lipinski definition) is 5. The van der Waals surface area contributed by atoms with Gasteiger partial charge < -0.3 is 15.4 Å². The third-order valence-electron chi connectivity index (χ3n) is 4.16. The van der Waals surface area contributed by atoms with Gasteiger partial charge in [0.25, 0.3) is 5.91 Å². The van der Waals surface area contributed by atoms with Crippen molar-refractivity contribution in [1.82, 2.24) is 10.2 Å². The van der Waals surface area contributed by atoms with Gasteiger partial charge in [0.2, 0.25) is 5.91 Å². The van der Waals surface area contributed by atoms with Gasteiger partial charge in [-0.2, -0.15) is 0 Å². The second kappa shape index (κ2) is 9.47. The molecule has 0 unspecified atom stereocenters. The molecule has 7 heteroatoms. The number of benzene rings is 1. The fourth-order valence-corrected chi connectivity index (χ4v) is 3.44. The van der Waals surface area contributed by atoms with Crippen LogP contribution in [0.15, 0.2) is 41.8 Å². The van der Waals surface area contributed by atoms with Crippen LogP contribution in [0.5, 0.6) is 0 Å². The first-order valence-corrected chi connectivity index (χ1v) is 9.59. The zero-order valence-electron chi connectivity index (χ0n) is 14.6. The van der Waals surface area contributed by atoms with Crippen molar-refractivity contribution in [2.75, 3.05) is 44.7 Å². The highest BCUT2D eigenvalue weighted by molar-refractivity contribution is 7.10. The van der Waals surface area contributed by atoms with Crippen molar-refractivity contribution < 1.29 is 14.3 Å². The molecule has 0 bridgehead atoms. The van der Waals surface area contributed by atoms with E-state index >= 15 is 0 Å². The number of carbonyl (C=O) groups excluding carboxylic acids is 2. The van der Waals surface area contributed by atoms with Crippen LogP contribution in [0.1, 0.15) is 15.2 Å². The first-order valence-electron chi connectivity index (χ1n) is 8.71. The molecule has 2 aromatic rings. The summed E-state index contributed by atoms with van der Waals surface area (Å²) >= 11 is 1.56. The lowest BCUT2D eigenvalue weighted by Crippen LogP contribution is -2.41. The average molecular weight is 373 g/mol. The van der Waals surface area contributed by atoms with Crippen molar-refractivity contribution in [2.24, 2.45) is 0 Å². The largest absolute Gasteiger partial charge is 0.379 e. The van der Waals surface area contributed by atoms with Gasteiger partial charge in [-0.05, 0) is 35.7 Å². The predicted octanol–water partition coefficient (Wildman–Crippen LogP) is 1.99. The predicted molar refractivity (Wildman–Crippen MR) is 103 cm³/mol. The Morgan fingerprint density at radius 1 is 1.12 bits per heavy atom. The second-order valence-corrected chi connectivity index (χ2v) is 7.12. The van der Waals surface area contributed by atoms with Gasteiger partial charge in [-0.3, -0.25) is 14.5 Å². The summed E-state index contributed by atoms with van der Waals surface area (Å²) < 4.78 is 5.31. The Kier molecular flexibility index (Phi) is 6.76. The van der Waals surface area contributed by atoms with Crippen molar-refractivity contribution in [2.45, 2.75) is 6.42 Å². The maximum Gasteiger partial charge on any atom is 0.251 e. The highest BCUT2D eigenvalue weighted by Gasteiger charge is 2.11. The number of thiophene rings is 1. The minimum absolute atomic E-state index is 0.0600. The van der Waals surface area contributed by atoms with Gasteiger partial charge in [-0.15, -0.1) is 11.3 Å². The van der Waals surface area contributed by atoms with E-state index in [4.69, 9.17) is 4.74 Å². The number of rotatable bonds is 7. The van der Waals surface area contributed by atoms with Crippen LogP contribution in [0.4, 0.5) is 5.69 Å². The van der Waals surface area contributed by atoms with E-state index in [-0.39, 0.29) is 11.8 Å². The topological polar surface area (TPSA) is 70.7 Å². The maximum atomic E-state index is 12.2. The van der Waals surface area contributed by atoms with Gasteiger partial charge in [0.1, 0.15) is 0 Å². The van der Waals surface area contributed by atoms with Gasteiger partial charge in [0.05, 0.1) is 19.6 Å². The molecule has 2 N–H and O–H groups in total. The fourth-order valence-electron chi connectivity index (χ4n) is 2.74. The standard InChI is InChI=1S/C19H23N3O3S/c23-18(14-17-2-1-13-26-17)21-16-5-3-15(4-6-16)19(24)20-7-8-22-9-11-25-12-10-22/h1-6,13H,7-12,14H2,(H,20,24)(H,21,23). The molecule has 2 heterocycles. The summed E-state index contributed by atoms with van der Waals surface area (Å²) in [5.41, 5.74) is 1.28. The summed E-state index contributed by atoms with van der Waals surface area (Å²) in [6, 6.07) is 10.8. The monoisotopic (exact) mass is 373 g/mol. The molecule has 0 atom stereocenters. The normalized spacial score (nSPS) is 14.8. The Hall–Kier alpha value is -2.22. The number of hydrogen-bond donors (Lipinski definition) is 2. The number of nitrogens with one attached hydrogen (secondary N) is 2. The van der Waals surface area contributed by atoms with Gasteiger partial charge >= 0.3 is 0 Å². The van der Waals surface area contributed by atoms with E-state index in [2.05, 4.69) is 15.5 Å². The Balaban J connectivity index is 1.42. The van der Waals surface area contributed by atoms with Crippen LogP contribution in [0.25, 0.3) is 0 Å². The average Bonchev–Trinajstić information content (AvgIpc) is 3.16. The number of amides is 2. The summed E-state index contributed by atoms with van der Waals surface area (Å²) in [6.07, 6.45) is 0.363. The summed E-state index contributed by atoms with van der Waals surface area (Å²) in [4.78, 5) is 27.5. The molecule has 138 valence electrons. The van der Waals surface area contributed by atoms with Crippen LogP contribution < -0.4 is 10.6 Å². The highest BCUT2D eigenvalue weighted by atomic mass is 32.1. The molecule has 0 aliphatic carbocycles. The number of morpholine rings is 1. The van der Waals surface area contributed by atoms with Gasteiger partial charge in [0.15, 0.2) is 0 Å². The van der Waals surface area contributed by atoms with Crippen LogP contribution in [-0.4, -0.2) is 56.1 Å².